The topological polar surface area (TPSA) is 89.5 Å². The van der Waals surface area contributed by atoms with Crippen LogP contribution < -0.4 is 9.46 Å². The van der Waals surface area contributed by atoms with Crippen molar-refractivity contribution < 1.29 is 22.7 Å². The summed E-state index contributed by atoms with van der Waals surface area (Å²) in [6.45, 7) is 1.40. The molecule has 150 valence electrons. The molecule has 0 atom stereocenters. The maximum atomic E-state index is 12.8. The molecule has 1 N–H and O–H groups in total. The summed E-state index contributed by atoms with van der Waals surface area (Å²) in [5.41, 5.74) is 0.738. The van der Waals surface area contributed by atoms with Crippen molar-refractivity contribution in [3.63, 3.8) is 0 Å². The van der Waals surface area contributed by atoms with Crippen LogP contribution in [0.5, 0.6) is 5.75 Å². The summed E-state index contributed by atoms with van der Waals surface area (Å²) in [6, 6.07) is 16.5. The van der Waals surface area contributed by atoms with Gasteiger partial charge in [-0.15, -0.1) is 0 Å². The van der Waals surface area contributed by atoms with Crippen LogP contribution in [0.2, 0.25) is 0 Å². The van der Waals surface area contributed by atoms with E-state index in [1.165, 1.54) is 44.4 Å². The number of rotatable bonds is 7. The zero-order chi connectivity index (χ0) is 21.0. The van der Waals surface area contributed by atoms with Crippen LogP contribution in [0.1, 0.15) is 17.3 Å². The number of sulfonamides is 1. The number of methoxy groups -OCH3 is 1. The second kappa shape index (κ2) is 8.67. The third kappa shape index (κ3) is 4.96. The number of ketones is 1. The third-order valence-electron chi connectivity index (χ3n) is 4.19. The fraction of sp³-hybridized carbons (Fsp3) is 0.143. The molecule has 0 spiro atoms. The first-order chi connectivity index (χ1) is 13.8. The molecule has 0 aliphatic carbocycles. The number of carbonyl (C=O) groups is 2. The number of fused-ring (bicyclic) bond motifs is 1. The molecule has 0 amide bonds. The average Bonchev–Trinajstić information content (AvgIpc) is 2.71. The minimum absolute atomic E-state index is 0.0529. The summed E-state index contributed by atoms with van der Waals surface area (Å²) >= 11 is 0.938. The lowest BCUT2D eigenvalue weighted by molar-refractivity contribution is -0.109. The van der Waals surface area contributed by atoms with E-state index in [2.05, 4.69) is 4.72 Å². The molecule has 0 aromatic heterocycles. The molecule has 3 aromatic carbocycles. The van der Waals surface area contributed by atoms with E-state index >= 15 is 0 Å². The molecular formula is C21H19NO5S2. The fourth-order valence-electron chi connectivity index (χ4n) is 2.76. The van der Waals surface area contributed by atoms with Gasteiger partial charge in [-0.3, -0.25) is 14.3 Å². The maximum Gasteiger partial charge on any atom is 0.262 e. The molecule has 0 bridgehead atoms. The maximum absolute atomic E-state index is 12.8. The molecule has 8 heteroatoms. The van der Waals surface area contributed by atoms with E-state index in [1.807, 2.05) is 24.3 Å². The zero-order valence-corrected chi connectivity index (χ0v) is 17.5. The van der Waals surface area contributed by atoms with Crippen LogP contribution in [0.25, 0.3) is 10.8 Å². The Hall–Kier alpha value is -2.84. The first-order valence-corrected chi connectivity index (χ1v) is 11.1. The number of carbonyl (C=O) groups excluding carboxylic acids is 2. The van der Waals surface area contributed by atoms with Crippen molar-refractivity contribution in [2.24, 2.45) is 0 Å². The summed E-state index contributed by atoms with van der Waals surface area (Å²) in [7, 11) is -2.36. The minimum Gasteiger partial charge on any atom is -0.496 e. The lowest BCUT2D eigenvalue weighted by Gasteiger charge is -2.12. The van der Waals surface area contributed by atoms with Crippen molar-refractivity contribution in [1.82, 2.24) is 0 Å². The minimum atomic E-state index is -3.86. The first-order valence-electron chi connectivity index (χ1n) is 8.66. The lowest BCUT2D eigenvalue weighted by Crippen LogP contribution is -2.13. The van der Waals surface area contributed by atoms with Crippen LogP contribution in [-0.2, 0) is 14.8 Å². The van der Waals surface area contributed by atoms with Gasteiger partial charge in [0.25, 0.3) is 10.0 Å². The van der Waals surface area contributed by atoms with Crippen LogP contribution in [0.3, 0.4) is 0 Å². The van der Waals surface area contributed by atoms with E-state index in [4.69, 9.17) is 4.74 Å². The zero-order valence-electron chi connectivity index (χ0n) is 15.8. The van der Waals surface area contributed by atoms with Gasteiger partial charge in [-0.1, -0.05) is 36.0 Å². The molecule has 0 unspecified atom stereocenters. The van der Waals surface area contributed by atoms with Gasteiger partial charge >= 0.3 is 0 Å². The van der Waals surface area contributed by atoms with E-state index in [0.29, 0.717) is 17.0 Å². The molecule has 0 heterocycles. The van der Waals surface area contributed by atoms with Gasteiger partial charge in [0.2, 0.25) is 0 Å². The summed E-state index contributed by atoms with van der Waals surface area (Å²) in [5.74, 6) is 0.323. The van der Waals surface area contributed by atoms with E-state index < -0.39 is 10.0 Å². The van der Waals surface area contributed by atoms with Crippen molar-refractivity contribution in [3.8, 4) is 5.75 Å². The molecule has 0 aliphatic heterocycles. The highest BCUT2D eigenvalue weighted by atomic mass is 32.2. The van der Waals surface area contributed by atoms with Gasteiger partial charge in [0.1, 0.15) is 5.75 Å². The Kier molecular flexibility index (Phi) is 6.24. The molecule has 0 fully saturated rings. The van der Waals surface area contributed by atoms with Crippen LogP contribution in [0.4, 0.5) is 5.69 Å². The van der Waals surface area contributed by atoms with Crippen LogP contribution in [-0.4, -0.2) is 32.2 Å². The van der Waals surface area contributed by atoms with Gasteiger partial charge in [0, 0.05) is 29.6 Å². The highest BCUT2D eigenvalue weighted by Crippen LogP contribution is 2.30. The summed E-state index contributed by atoms with van der Waals surface area (Å²) in [5, 5.41) is 1.44. The Morgan fingerprint density at radius 1 is 1.03 bits per heavy atom. The van der Waals surface area contributed by atoms with E-state index in [-0.39, 0.29) is 21.5 Å². The largest absolute Gasteiger partial charge is 0.496 e. The summed E-state index contributed by atoms with van der Waals surface area (Å²) in [4.78, 5) is 23.1. The summed E-state index contributed by atoms with van der Waals surface area (Å²) < 4.78 is 33.5. The second-order valence-corrected chi connectivity index (χ2v) is 9.07. The van der Waals surface area contributed by atoms with E-state index in [1.54, 1.807) is 6.07 Å². The highest BCUT2D eigenvalue weighted by molar-refractivity contribution is 8.14. The van der Waals surface area contributed by atoms with E-state index in [0.717, 1.165) is 22.5 Å². The predicted molar refractivity (Wildman–Crippen MR) is 115 cm³/mol. The molecule has 3 rings (SSSR count). The number of benzene rings is 3. The molecule has 0 radical (unpaired) electrons. The molecule has 0 saturated carbocycles. The standard InChI is InChI=1S/C21H19NO5S2/c1-14(23)28-13-20(24)15-7-9-17(10-8-15)22-29(25,26)18-11-16-5-3-4-6-19(16)21(12-18)27-2/h3-12,22H,13H2,1-2H3. The number of hydrogen-bond acceptors (Lipinski definition) is 6. The average molecular weight is 430 g/mol. The fourth-order valence-corrected chi connectivity index (χ4v) is 4.37. The summed E-state index contributed by atoms with van der Waals surface area (Å²) in [6.07, 6.45) is 0. The predicted octanol–water partition coefficient (Wildman–Crippen LogP) is 4.11. The van der Waals surface area contributed by atoms with Gasteiger partial charge in [0.15, 0.2) is 10.9 Å². The van der Waals surface area contributed by atoms with Crippen molar-refractivity contribution >= 4 is 49.1 Å². The Labute approximate surface area is 173 Å². The number of Topliss-reactive ketones (excluding diaryl/α,β-unsaturated/α-hetero) is 1. The van der Waals surface area contributed by atoms with Crippen molar-refractivity contribution in [2.45, 2.75) is 11.8 Å². The second-order valence-electron chi connectivity index (χ2n) is 6.23. The molecule has 0 saturated heterocycles. The Bertz CT molecular complexity index is 1170. The monoisotopic (exact) mass is 429 g/mol. The van der Waals surface area contributed by atoms with E-state index in [9.17, 15) is 18.0 Å². The Balaban J connectivity index is 1.83. The Morgan fingerprint density at radius 3 is 2.38 bits per heavy atom. The van der Waals surface area contributed by atoms with Gasteiger partial charge < -0.3 is 4.74 Å². The third-order valence-corrected chi connectivity index (χ3v) is 6.37. The quantitative estimate of drug-likeness (QED) is 0.569. The van der Waals surface area contributed by atoms with Crippen LogP contribution in [0.15, 0.2) is 65.6 Å². The highest BCUT2D eigenvalue weighted by Gasteiger charge is 2.18. The van der Waals surface area contributed by atoms with Crippen LogP contribution >= 0.6 is 11.8 Å². The van der Waals surface area contributed by atoms with Gasteiger partial charge in [0.05, 0.1) is 17.8 Å². The Morgan fingerprint density at radius 2 is 1.72 bits per heavy atom. The molecular weight excluding hydrogens is 410 g/mol. The van der Waals surface area contributed by atoms with Crippen LogP contribution in [0, 0.1) is 0 Å². The molecule has 6 nitrogen and oxygen atoms in total. The number of anilines is 1. The molecule has 0 aliphatic rings. The lowest BCUT2D eigenvalue weighted by atomic mass is 10.1. The van der Waals surface area contributed by atoms with Crippen molar-refractivity contribution in [1.29, 1.82) is 0 Å². The molecule has 3 aromatic rings. The first kappa shape index (κ1) is 20.9. The van der Waals surface area contributed by atoms with Gasteiger partial charge in [-0.05, 0) is 35.7 Å². The van der Waals surface area contributed by atoms with Gasteiger partial charge in [-0.25, -0.2) is 8.42 Å². The SMILES string of the molecule is COc1cc(S(=O)(=O)Nc2ccc(C(=O)CSC(C)=O)cc2)cc2ccccc12. The van der Waals surface area contributed by atoms with Gasteiger partial charge in [-0.2, -0.15) is 0 Å². The number of nitrogens with one attached hydrogen (secondary N) is 1. The number of ether oxygens (including phenoxy) is 1. The van der Waals surface area contributed by atoms with Crippen molar-refractivity contribution in [2.75, 3.05) is 17.6 Å². The smallest absolute Gasteiger partial charge is 0.262 e. The normalized spacial score (nSPS) is 11.2. The number of thioether (sulfide) groups is 1. The number of hydrogen-bond donors (Lipinski definition) is 1. The molecule has 29 heavy (non-hydrogen) atoms. The van der Waals surface area contributed by atoms with Crippen molar-refractivity contribution in [3.05, 3.63) is 66.2 Å².